The fraction of sp³-hybridized carbons (Fsp3) is 0.417. The standard InChI is InChI=1S/C12H15F3N2O2.ClH/c13-12(14,15)19-10-5-3-9(4-6-10)8-17-11(18)2-1-7-16;/h3-6H,1-2,7-8,16H2,(H,17,18);1H. The number of hydrogen-bond acceptors (Lipinski definition) is 3. The van der Waals surface area contributed by atoms with Gasteiger partial charge in [-0.25, -0.2) is 0 Å². The molecule has 114 valence electrons. The van der Waals surface area contributed by atoms with Crippen molar-refractivity contribution in [2.45, 2.75) is 25.7 Å². The Morgan fingerprint density at radius 3 is 2.35 bits per heavy atom. The van der Waals surface area contributed by atoms with Crippen LogP contribution in [0.2, 0.25) is 0 Å². The topological polar surface area (TPSA) is 64.4 Å². The first-order valence-electron chi connectivity index (χ1n) is 5.72. The van der Waals surface area contributed by atoms with E-state index in [0.717, 1.165) is 0 Å². The predicted molar refractivity (Wildman–Crippen MR) is 70.5 cm³/mol. The maximum atomic E-state index is 11.9. The summed E-state index contributed by atoms with van der Waals surface area (Å²) in [7, 11) is 0. The molecule has 0 saturated heterocycles. The van der Waals surface area contributed by atoms with Crippen LogP contribution in [-0.2, 0) is 11.3 Å². The molecule has 4 nitrogen and oxygen atoms in total. The molecule has 0 aliphatic heterocycles. The van der Waals surface area contributed by atoms with E-state index < -0.39 is 6.36 Å². The van der Waals surface area contributed by atoms with Gasteiger partial charge in [0.1, 0.15) is 5.75 Å². The van der Waals surface area contributed by atoms with Crippen molar-refractivity contribution in [3.8, 4) is 5.75 Å². The second-order valence-electron chi connectivity index (χ2n) is 3.86. The number of carbonyl (C=O) groups excluding carboxylic acids is 1. The fourth-order valence-electron chi connectivity index (χ4n) is 1.36. The van der Waals surface area contributed by atoms with Crippen LogP contribution in [0.3, 0.4) is 0 Å². The summed E-state index contributed by atoms with van der Waals surface area (Å²) >= 11 is 0. The maximum absolute atomic E-state index is 11.9. The van der Waals surface area contributed by atoms with Gasteiger partial charge in [-0.3, -0.25) is 4.79 Å². The Balaban J connectivity index is 0.00000361. The molecule has 0 heterocycles. The molecule has 0 aliphatic carbocycles. The van der Waals surface area contributed by atoms with Gasteiger partial charge in [0.05, 0.1) is 0 Å². The molecule has 0 aromatic heterocycles. The van der Waals surface area contributed by atoms with Crippen molar-refractivity contribution < 1.29 is 22.7 Å². The van der Waals surface area contributed by atoms with Crippen LogP contribution in [0.15, 0.2) is 24.3 Å². The molecule has 0 spiro atoms. The van der Waals surface area contributed by atoms with Crippen LogP contribution < -0.4 is 15.8 Å². The van der Waals surface area contributed by atoms with Gasteiger partial charge >= 0.3 is 6.36 Å². The van der Waals surface area contributed by atoms with Gasteiger partial charge in [-0.2, -0.15) is 0 Å². The largest absolute Gasteiger partial charge is 0.573 e. The summed E-state index contributed by atoms with van der Waals surface area (Å²) in [4.78, 5) is 11.3. The first kappa shape index (κ1) is 18.5. The number of nitrogens with two attached hydrogens (primary N) is 1. The lowest BCUT2D eigenvalue weighted by atomic mass is 10.2. The highest BCUT2D eigenvalue weighted by Gasteiger charge is 2.30. The predicted octanol–water partition coefficient (Wildman–Crippen LogP) is 2.36. The highest BCUT2D eigenvalue weighted by Crippen LogP contribution is 2.22. The lowest BCUT2D eigenvalue weighted by molar-refractivity contribution is -0.274. The highest BCUT2D eigenvalue weighted by molar-refractivity contribution is 5.85. The van der Waals surface area contributed by atoms with Gasteiger partial charge in [0, 0.05) is 13.0 Å². The molecule has 1 aromatic carbocycles. The number of benzene rings is 1. The van der Waals surface area contributed by atoms with Crippen LogP contribution in [-0.4, -0.2) is 18.8 Å². The van der Waals surface area contributed by atoms with Gasteiger partial charge in [0.2, 0.25) is 5.91 Å². The lowest BCUT2D eigenvalue weighted by Crippen LogP contribution is -2.23. The molecule has 1 amide bonds. The smallest absolute Gasteiger partial charge is 0.406 e. The molecule has 0 unspecified atom stereocenters. The van der Waals surface area contributed by atoms with Crippen molar-refractivity contribution in [1.29, 1.82) is 0 Å². The number of nitrogens with one attached hydrogen (secondary N) is 1. The quantitative estimate of drug-likeness (QED) is 0.847. The third-order valence-corrected chi connectivity index (χ3v) is 2.25. The Morgan fingerprint density at radius 2 is 1.85 bits per heavy atom. The van der Waals surface area contributed by atoms with E-state index in [9.17, 15) is 18.0 Å². The van der Waals surface area contributed by atoms with Gasteiger partial charge in [-0.05, 0) is 30.7 Å². The van der Waals surface area contributed by atoms with Crippen molar-refractivity contribution in [2.24, 2.45) is 5.73 Å². The Bertz CT molecular complexity index is 410. The van der Waals surface area contributed by atoms with Crippen LogP contribution in [0.4, 0.5) is 13.2 Å². The molecular formula is C12H16ClF3N2O2. The molecule has 3 N–H and O–H groups in total. The van der Waals surface area contributed by atoms with E-state index >= 15 is 0 Å². The van der Waals surface area contributed by atoms with Gasteiger partial charge in [0.25, 0.3) is 0 Å². The summed E-state index contributed by atoms with van der Waals surface area (Å²) < 4.78 is 39.5. The first-order valence-corrected chi connectivity index (χ1v) is 5.72. The Kier molecular flexibility index (Phi) is 8.02. The molecular weight excluding hydrogens is 297 g/mol. The van der Waals surface area contributed by atoms with E-state index in [1.807, 2.05) is 0 Å². The number of ether oxygens (including phenoxy) is 1. The summed E-state index contributed by atoms with van der Waals surface area (Å²) in [6.07, 6.45) is -3.76. The Morgan fingerprint density at radius 1 is 1.25 bits per heavy atom. The van der Waals surface area contributed by atoms with E-state index in [1.54, 1.807) is 0 Å². The molecule has 0 atom stereocenters. The Labute approximate surface area is 120 Å². The first-order chi connectivity index (χ1) is 8.90. The molecule has 1 aromatic rings. The van der Waals surface area contributed by atoms with Crippen molar-refractivity contribution in [1.82, 2.24) is 5.32 Å². The molecule has 0 aliphatic rings. The van der Waals surface area contributed by atoms with Crippen LogP contribution in [0.5, 0.6) is 5.75 Å². The van der Waals surface area contributed by atoms with E-state index in [4.69, 9.17) is 5.73 Å². The Hall–Kier alpha value is -1.47. The summed E-state index contributed by atoms with van der Waals surface area (Å²) in [6.45, 7) is 0.701. The number of halogens is 4. The molecule has 0 radical (unpaired) electrons. The number of amides is 1. The van der Waals surface area contributed by atoms with Crippen molar-refractivity contribution in [2.75, 3.05) is 6.54 Å². The van der Waals surface area contributed by atoms with Gasteiger partial charge in [0.15, 0.2) is 0 Å². The van der Waals surface area contributed by atoms with Crippen molar-refractivity contribution in [3.63, 3.8) is 0 Å². The number of carbonyl (C=O) groups is 1. The average molecular weight is 313 g/mol. The monoisotopic (exact) mass is 312 g/mol. The van der Waals surface area contributed by atoms with E-state index in [-0.39, 0.29) is 30.6 Å². The summed E-state index contributed by atoms with van der Waals surface area (Å²) in [5.41, 5.74) is 5.96. The molecule has 0 fully saturated rings. The van der Waals surface area contributed by atoms with Gasteiger partial charge in [-0.15, -0.1) is 25.6 Å². The molecule has 0 bridgehead atoms. The zero-order valence-electron chi connectivity index (χ0n) is 10.6. The maximum Gasteiger partial charge on any atom is 0.573 e. The van der Waals surface area contributed by atoms with Crippen LogP contribution >= 0.6 is 12.4 Å². The summed E-state index contributed by atoms with van der Waals surface area (Å²) in [6, 6.07) is 5.33. The minimum Gasteiger partial charge on any atom is -0.406 e. The second kappa shape index (κ2) is 8.65. The third-order valence-electron chi connectivity index (χ3n) is 2.25. The zero-order chi connectivity index (χ0) is 14.3. The van der Waals surface area contributed by atoms with Crippen molar-refractivity contribution in [3.05, 3.63) is 29.8 Å². The third kappa shape index (κ3) is 7.85. The number of hydrogen-bond donors (Lipinski definition) is 2. The fourth-order valence-corrected chi connectivity index (χ4v) is 1.36. The molecule has 8 heteroatoms. The van der Waals surface area contributed by atoms with Crippen LogP contribution in [0.25, 0.3) is 0 Å². The van der Waals surface area contributed by atoms with E-state index in [0.29, 0.717) is 24.9 Å². The number of rotatable bonds is 6. The SMILES string of the molecule is Cl.NCCCC(=O)NCc1ccc(OC(F)(F)F)cc1. The zero-order valence-corrected chi connectivity index (χ0v) is 11.4. The summed E-state index contributed by atoms with van der Waals surface area (Å²) in [5, 5.41) is 2.64. The minimum atomic E-state index is -4.70. The molecule has 20 heavy (non-hydrogen) atoms. The second-order valence-corrected chi connectivity index (χ2v) is 3.86. The average Bonchev–Trinajstić information content (AvgIpc) is 2.33. The van der Waals surface area contributed by atoms with Crippen molar-refractivity contribution >= 4 is 18.3 Å². The van der Waals surface area contributed by atoms with Gasteiger partial charge < -0.3 is 15.8 Å². The normalized spacial score (nSPS) is 10.6. The van der Waals surface area contributed by atoms with Crippen LogP contribution in [0, 0.1) is 0 Å². The lowest BCUT2D eigenvalue weighted by Gasteiger charge is -2.09. The van der Waals surface area contributed by atoms with Crippen LogP contribution in [0.1, 0.15) is 18.4 Å². The minimum absolute atomic E-state index is 0. The molecule has 1 rings (SSSR count). The van der Waals surface area contributed by atoms with E-state index in [2.05, 4.69) is 10.1 Å². The highest BCUT2D eigenvalue weighted by atomic mass is 35.5. The summed E-state index contributed by atoms with van der Waals surface area (Å²) in [5.74, 6) is -0.424. The molecule has 0 saturated carbocycles. The van der Waals surface area contributed by atoms with E-state index in [1.165, 1.54) is 24.3 Å². The van der Waals surface area contributed by atoms with Gasteiger partial charge in [-0.1, -0.05) is 12.1 Å². The number of alkyl halides is 3.